The molecule has 5 heteroatoms. The Bertz CT molecular complexity index is 1120. The number of carbonyl (C=O) groups is 1. The second kappa shape index (κ2) is 7.72. The SMILES string of the molecule is Cc1ccc(CNC(=O)c2oc3ccc4c(c3c2C)[C@@H](O)CC2(CCCCC2)O4)cc1. The third kappa shape index (κ3) is 3.61. The first-order valence-electron chi connectivity index (χ1n) is 11.2. The van der Waals surface area contributed by atoms with Gasteiger partial charge >= 0.3 is 0 Å². The molecule has 0 bridgehead atoms. The summed E-state index contributed by atoms with van der Waals surface area (Å²) in [5.74, 6) is 0.766. The summed E-state index contributed by atoms with van der Waals surface area (Å²) in [4.78, 5) is 12.9. The molecule has 2 aliphatic rings. The number of ether oxygens (including phenoxy) is 1. The molecule has 3 aromatic rings. The van der Waals surface area contributed by atoms with Gasteiger partial charge in [0.1, 0.15) is 16.9 Å². The highest BCUT2D eigenvalue weighted by Gasteiger charge is 2.42. The van der Waals surface area contributed by atoms with Crippen molar-refractivity contribution < 1.29 is 19.1 Å². The van der Waals surface area contributed by atoms with E-state index in [4.69, 9.17) is 9.15 Å². The Hall–Kier alpha value is -2.79. The highest BCUT2D eigenvalue weighted by atomic mass is 16.5. The van der Waals surface area contributed by atoms with Gasteiger partial charge in [-0.2, -0.15) is 0 Å². The second-order valence-corrected chi connectivity index (χ2v) is 9.14. The Morgan fingerprint density at radius 2 is 1.84 bits per heavy atom. The predicted molar refractivity (Wildman–Crippen MR) is 119 cm³/mol. The van der Waals surface area contributed by atoms with Crippen LogP contribution in [0.1, 0.15) is 77.4 Å². The molecule has 1 saturated carbocycles. The monoisotopic (exact) mass is 419 g/mol. The number of aryl methyl sites for hydroxylation is 2. The van der Waals surface area contributed by atoms with Gasteiger partial charge in [0.2, 0.25) is 0 Å². The summed E-state index contributed by atoms with van der Waals surface area (Å²) in [6.07, 6.45) is 5.45. The van der Waals surface area contributed by atoms with Crippen LogP contribution in [0.25, 0.3) is 11.0 Å². The van der Waals surface area contributed by atoms with Crippen LogP contribution in [0.4, 0.5) is 0 Å². The van der Waals surface area contributed by atoms with E-state index in [-0.39, 0.29) is 11.5 Å². The van der Waals surface area contributed by atoms with Crippen LogP contribution in [0.3, 0.4) is 0 Å². The van der Waals surface area contributed by atoms with Crippen molar-refractivity contribution in [3.05, 3.63) is 64.4 Å². The number of hydrogen-bond acceptors (Lipinski definition) is 4. The van der Waals surface area contributed by atoms with Crippen LogP contribution in [0, 0.1) is 13.8 Å². The lowest BCUT2D eigenvalue weighted by molar-refractivity contribution is -0.0373. The number of amides is 1. The lowest BCUT2D eigenvalue weighted by Crippen LogP contribution is -2.42. The number of fused-ring (bicyclic) bond motifs is 3. The van der Waals surface area contributed by atoms with Gasteiger partial charge < -0.3 is 19.6 Å². The van der Waals surface area contributed by atoms with Gasteiger partial charge in [-0.25, -0.2) is 0 Å². The summed E-state index contributed by atoms with van der Waals surface area (Å²) in [6, 6.07) is 11.8. The maximum Gasteiger partial charge on any atom is 0.287 e. The van der Waals surface area contributed by atoms with Crippen LogP contribution in [0.2, 0.25) is 0 Å². The molecular formula is C26H29NO4. The molecule has 1 aliphatic heterocycles. The van der Waals surface area contributed by atoms with Gasteiger partial charge in [0.25, 0.3) is 5.91 Å². The summed E-state index contributed by atoms with van der Waals surface area (Å²) < 4.78 is 12.4. The molecule has 1 amide bonds. The quantitative estimate of drug-likeness (QED) is 0.588. The summed E-state index contributed by atoms with van der Waals surface area (Å²) >= 11 is 0. The number of carbonyl (C=O) groups excluding carboxylic acids is 1. The maximum atomic E-state index is 12.9. The van der Waals surface area contributed by atoms with E-state index in [1.165, 1.54) is 12.0 Å². The molecule has 2 heterocycles. The third-order valence-corrected chi connectivity index (χ3v) is 6.86. The minimum atomic E-state index is -0.620. The van der Waals surface area contributed by atoms with Gasteiger partial charge in [-0.15, -0.1) is 0 Å². The van der Waals surface area contributed by atoms with E-state index < -0.39 is 6.10 Å². The summed E-state index contributed by atoms with van der Waals surface area (Å²) in [7, 11) is 0. The maximum absolute atomic E-state index is 12.9. The fourth-order valence-corrected chi connectivity index (χ4v) is 5.19. The lowest BCUT2D eigenvalue weighted by atomic mass is 9.77. The van der Waals surface area contributed by atoms with Crippen molar-refractivity contribution >= 4 is 16.9 Å². The minimum absolute atomic E-state index is 0.252. The smallest absolute Gasteiger partial charge is 0.287 e. The highest BCUT2D eigenvalue weighted by Crippen LogP contribution is 2.49. The molecule has 162 valence electrons. The molecule has 1 aliphatic carbocycles. The molecule has 0 radical (unpaired) electrons. The molecule has 0 saturated heterocycles. The Balaban J connectivity index is 1.44. The zero-order valence-electron chi connectivity index (χ0n) is 18.2. The fourth-order valence-electron chi connectivity index (χ4n) is 5.19. The Kier molecular flexibility index (Phi) is 5.01. The van der Waals surface area contributed by atoms with Gasteiger partial charge in [-0.1, -0.05) is 36.2 Å². The minimum Gasteiger partial charge on any atom is -0.487 e. The van der Waals surface area contributed by atoms with Crippen LogP contribution < -0.4 is 10.1 Å². The van der Waals surface area contributed by atoms with Crippen molar-refractivity contribution in [2.75, 3.05) is 0 Å². The van der Waals surface area contributed by atoms with Crippen LogP contribution in [-0.2, 0) is 6.54 Å². The van der Waals surface area contributed by atoms with Crippen molar-refractivity contribution in [3.8, 4) is 5.75 Å². The Labute approximate surface area is 182 Å². The molecular weight excluding hydrogens is 390 g/mol. The average molecular weight is 420 g/mol. The molecule has 2 aromatic carbocycles. The zero-order chi connectivity index (χ0) is 21.6. The zero-order valence-corrected chi connectivity index (χ0v) is 18.2. The molecule has 1 fully saturated rings. The largest absolute Gasteiger partial charge is 0.487 e. The first kappa shape index (κ1) is 20.1. The van der Waals surface area contributed by atoms with Gasteiger partial charge in [-0.3, -0.25) is 4.79 Å². The van der Waals surface area contributed by atoms with E-state index >= 15 is 0 Å². The van der Waals surface area contributed by atoms with Crippen molar-refractivity contribution in [2.45, 2.75) is 70.6 Å². The van der Waals surface area contributed by atoms with Gasteiger partial charge in [0.15, 0.2) is 5.76 Å². The van der Waals surface area contributed by atoms with Crippen molar-refractivity contribution in [2.24, 2.45) is 0 Å². The normalized spacial score (nSPS) is 19.8. The number of hydrogen-bond donors (Lipinski definition) is 2. The summed E-state index contributed by atoms with van der Waals surface area (Å²) in [5.41, 5.74) is 4.07. The van der Waals surface area contributed by atoms with Crippen LogP contribution in [-0.4, -0.2) is 16.6 Å². The summed E-state index contributed by atoms with van der Waals surface area (Å²) in [5, 5.41) is 14.9. The molecule has 31 heavy (non-hydrogen) atoms. The van der Waals surface area contributed by atoms with E-state index in [0.29, 0.717) is 24.3 Å². The van der Waals surface area contributed by atoms with E-state index in [1.54, 1.807) is 0 Å². The van der Waals surface area contributed by atoms with Gasteiger partial charge in [0.05, 0.1) is 6.10 Å². The van der Waals surface area contributed by atoms with Crippen LogP contribution in [0.5, 0.6) is 5.75 Å². The van der Waals surface area contributed by atoms with Crippen molar-refractivity contribution in [3.63, 3.8) is 0 Å². The first-order valence-corrected chi connectivity index (χ1v) is 11.2. The first-order chi connectivity index (χ1) is 15.0. The van der Waals surface area contributed by atoms with Gasteiger partial charge in [-0.05, 0) is 57.2 Å². The molecule has 0 unspecified atom stereocenters. The third-order valence-electron chi connectivity index (χ3n) is 6.86. The van der Waals surface area contributed by atoms with E-state index in [2.05, 4.69) is 5.32 Å². The number of benzene rings is 2. The lowest BCUT2D eigenvalue weighted by Gasteiger charge is -2.43. The highest BCUT2D eigenvalue weighted by molar-refractivity contribution is 6.00. The van der Waals surface area contributed by atoms with Gasteiger partial charge in [0, 0.05) is 29.5 Å². The average Bonchev–Trinajstić information content (AvgIpc) is 3.10. The molecule has 1 spiro atoms. The van der Waals surface area contributed by atoms with Crippen LogP contribution in [0.15, 0.2) is 40.8 Å². The second-order valence-electron chi connectivity index (χ2n) is 9.14. The topological polar surface area (TPSA) is 71.7 Å². The number of aliphatic hydroxyl groups excluding tert-OH is 1. The Morgan fingerprint density at radius 1 is 1.10 bits per heavy atom. The number of rotatable bonds is 3. The molecule has 1 atom stereocenters. The van der Waals surface area contributed by atoms with E-state index in [0.717, 1.165) is 53.5 Å². The van der Waals surface area contributed by atoms with E-state index in [1.807, 2.05) is 50.2 Å². The molecule has 1 aromatic heterocycles. The fraction of sp³-hybridized carbons (Fsp3) is 0.423. The van der Waals surface area contributed by atoms with Crippen molar-refractivity contribution in [1.82, 2.24) is 5.32 Å². The van der Waals surface area contributed by atoms with Crippen LogP contribution >= 0.6 is 0 Å². The van der Waals surface area contributed by atoms with Crippen molar-refractivity contribution in [1.29, 1.82) is 0 Å². The number of nitrogens with one attached hydrogen (secondary N) is 1. The number of aliphatic hydroxyl groups is 1. The standard InChI is InChI=1S/C26H29NO4/c1-16-6-8-18(9-7-16)15-27-25(29)24-17(2)22-20(30-24)10-11-21-23(22)19(28)14-26(31-21)12-4-3-5-13-26/h6-11,19,28H,3-5,12-15H2,1-2H3,(H,27,29)/t19-/m0/s1. The summed E-state index contributed by atoms with van der Waals surface area (Å²) in [6.45, 7) is 4.35. The molecule has 5 nitrogen and oxygen atoms in total. The number of furan rings is 1. The molecule has 5 rings (SSSR count). The Morgan fingerprint density at radius 3 is 2.58 bits per heavy atom. The van der Waals surface area contributed by atoms with E-state index in [9.17, 15) is 9.90 Å². The molecule has 2 N–H and O–H groups in total. The predicted octanol–water partition coefficient (Wildman–Crippen LogP) is 5.50.